The molecule has 32 heavy (non-hydrogen) atoms. The molecule has 1 atom stereocenters. The Kier molecular flexibility index (Phi) is 5.83. The summed E-state index contributed by atoms with van der Waals surface area (Å²) in [6.07, 6.45) is -7.92. The van der Waals surface area contributed by atoms with Gasteiger partial charge in [0, 0.05) is 22.4 Å². The van der Waals surface area contributed by atoms with Crippen LogP contribution in [0.4, 0.5) is 17.6 Å². The Morgan fingerprint density at radius 3 is 2.47 bits per heavy atom. The third kappa shape index (κ3) is 3.80. The van der Waals surface area contributed by atoms with Crippen LogP contribution in [0.2, 0.25) is 10.0 Å². The molecule has 1 aliphatic heterocycles. The number of aromatic nitrogens is 1. The van der Waals surface area contributed by atoms with Crippen molar-refractivity contribution in [2.24, 2.45) is 5.10 Å². The maximum atomic E-state index is 13.6. The lowest BCUT2D eigenvalue weighted by Gasteiger charge is -2.30. The van der Waals surface area contributed by atoms with Crippen LogP contribution < -0.4 is 0 Å². The number of carbonyl (C=O) groups is 1. The fraction of sp³-hybridized carbons (Fsp3) is 0.190. The van der Waals surface area contributed by atoms with Gasteiger partial charge in [-0.15, -0.1) is 0 Å². The van der Waals surface area contributed by atoms with Gasteiger partial charge in [0.1, 0.15) is 5.71 Å². The summed E-state index contributed by atoms with van der Waals surface area (Å²) in [7, 11) is 0. The molecule has 0 fully saturated rings. The van der Waals surface area contributed by atoms with Gasteiger partial charge in [-0.3, -0.25) is 4.79 Å². The second-order valence-electron chi connectivity index (χ2n) is 7.06. The third-order valence-corrected chi connectivity index (χ3v) is 5.53. The lowest BCUT2D eigenvalue weighted by Crippen LogP contribution is -2.51. The van der Waals surface area contributed by atoms with Crippen LogP contribution in [0.25, 0.3) is 22.2 Å². The maximum absolute atomic E-state index is 13.6. The molecule has 11 heteroatoms. The van der Waals surface area contributed by atoms with Crippen LogP contribution in [0, 0.1) is 0 Å². The first-order chi connectivity index (χ1) is 15.1. The van der Waals surface area contributed by atoms with Crippen molar-refractivity contribution in [2.75, 3.05) is 0 Å². The van der Waals surface area contributed by atoms with Crippen LogP contribution in [0.3, 0.4) is 0 Å². The van der Waals surface area contributed by atoms with Crippen LogP contribution in [0.5, 0.6) is 0 Å². The number of aliphatic hydroxyl groups is 1. The number of hydrazone groups is 1. The Bertz CT molecular complexity index is 1250. The van der Waals surface area contributed by atoms with Crippen molar-refractivity contribution in [2.45, 2.75) is 25.0 Å². The molecular formula is C21H13Cl2F4N3O2. The highest BCUT2D eigenvalue weighted by Crippen LogP contribution is 2.37. The molecule has 5 nitrogen and oxygen atoms in total. The summed E-state index contributed by atoms with van der Waals surface area (Å²) in [4.78, 5) is 17.7. The van der Waals surface area contributed by atoms with Crippen LogP contribution in [-0.4, -0.2) is 45.3 Å². The lowest BCUT2D eigenvalue weighted by atomic mass is 10.0. The number of hydrogen-bond acceptors (Lipinski definition) is 4. The van der Waals surface area contributed by atoms with E-state index >= 15 is 0 Å². The molecule has 0 radical (unpaired) electrons. The van der Waals surface area contributed by atoms with E-state index in [-0.39, 0.29) is 26.7 Å². The van der Waals surface area contributed by atoms with Crippen molar-refractivity contribution < 1.29 is 27.5 Å². The first kappa shape index (κ1) is 22.4. The highest BCUT2D eigenvalue weighted by molar-refractivity contribution is 6.36. The van der Waals surface area contributed by atoms with Crippen molar-refractivity contribution >= 4 is 45.7 Å². The van der Waals surface area contributed by atoms with E-state index in [1.807, 2.05) is 0 Å². The van der Waals surface area contributed by atoms with E-state index in [0.29, 0.717) is 16.1 Å². The molecule has 0 spiro atoms. The van der Waals surface area contributed by atoms with Gasteiger partial charge in [0.2, 0.25) is 5.72 Å². The van der Waals surface area contributed by atoms with Gasteiger partial charge in [-0.1, -0.05) is 41.4 Å². The van der Waals surface area contributed by atoms with Crippen molar-refractivity contribution in [1.29, 1.82) is 0 Å². The maximum Gasteiger partial charge on any atom is 0.287 e. The van der Waals surface area contributed by atoms with Gasteiger partial charge in [0.25, 0.3) is 18.8 Å². The first-order valence-electron chi connectivity index (χ1n) is 9.17. The molecule has 2 heterocycles. The number of fused-ring (bicyclic) bond motifs is 1. The van der Waals surface area contributed by atoms with E-state index in [4.69, 9.17) is 23.2 Å². The van der Waals surface area contributed by atoms with Gasteiger partial charge < -0.3 is 5.11 Å². The molecule has 0 saturated carbocycles. The Morgan fingerprint density at radius 2 is 1.81 bits per heavy atom. The number of halogens is 6. The largest absolute Gasteiger partial charge is 0.364 e. The molecule has 0 bridgehead atoms. The normalized spacial score (nSPS) is 18.7. The van der Waals surface area contributed by atoms with E-state index in [9.17, 15) is 27.5 Å². The molecule has 3 aromatic rings. The summed E-state index contributed by atoms with van der Waals surface area (Å²) < 4.78 is 53.5. The van der Waals surface area contributed by atoms with Gasteiger partial charge in [0.05, 0.1) is 21.8 Å². The minimum atomic E-state index is -3.54. The van der Waals surface area contributed by atoms with Gasteiger partial charge in [-0.05, 0) is 30.3 Å². The van der Waals surface area contributed by atoms with E-state index in [1.165, 1.54) is 18.2 Å². The van der Waals surface area contributed by atoms with Gasteiger partial charge in [0.15, 0.2) is 0 Å². The average Bonchev–Trinajstić information content (AvgIpc) is 3.12. The van der Waals surface area contributed by atoms with Gasteiger partial charge in [-0.25, -0.2) is 22.5 Å². The van der Waals surface area contributed by atoms with Crippen LogP contribution in [-0.2, 0) is 0 Å². The zero-order valence-electron chi connectivity index (χ0n) is 15.9. The predicted molar refractivity (Wildman–Crippen MR) is 112 cm³/mol. The highest BCUT2D eigenvalue weighted by Gasteiger charge is 2.53. The Labute approximate surface area is 188 Å². The smallest absolute Gasteiger partial charge is 0.287 e. The molecule has 0 saturated heterocycles. The Hall–Kier alpha value is -2.75. The number of rotatable bonds is 4. The van der Waals surface area contributed by atoms with Crippen LogP contribution in [0.15, 0.2) is 53.6 Å². The SMILES string of the molecule is O=C(c1cc(-c2ccc(Cl)cc2Cl)nc2ccccc12)N1N=C(C(F)F)C[C@]1(O)C(F)F. The van der Waals surface area contributed by atoms with Crippen LogP contribution in [0.1, 0.15) is 16.8 Å². The van der Waals surface area contributed by atoms with Gasteiger partial charge in [-0.2, -0.15) is 10.1 Å². The topological polar surface area (TPSA) is 65.8 Å². The minimum absolute atomic E-state index is 0.0220. The molecule has 1 aliphatic rings. The molecule has 2 aromatic carbocycles. The fourth-order valence-electron chi connectivity index (χ4n) is 3.41. The second-order valence-corrected chi connectivity index (χ2v) is 7.91. The Balaban J connectivity index is 1.90. The number of benzene rings is 2. The molecule has 0 aliphatic carbocycles. The summed E-state index contributed by atoms with van der Waals surface area (Å²) in [5.41, 5.74) is -3.46. The number of pyridine rings is 1. The first-order valence-corrected chi connectivity index (χ1v) is 9.93. The third-order valence-electron chi connectivity index (χ3n) is 4.98. The molecular weight excluding hydrogens is 473 g/mol. The van der Waals surface area contributed by atoms with E-state index in [0.717, 1.165) is 0 Å². The number of para-hydroxylation sites is 1. The lowest BCUT2D eigenvalue weighted by molar-refractivity contribution is -0.164. The molecule has 1 N–H and O–H groups in total. The fourth-order valence-corrected chi connectivity index (χ4v) is 3.91. The summed E-state index contributed by atoms with van der Waals surface area (Å²) >= 11 is 12.2. The summed E-state index contributed by atoms with van der Waals surface area (Å²) in [5.74, 6) is -1.19. The second kappa shape index (κ2) is 8.31. The van der Waals surface area contributed by atoms with E-state index in [2.05, 4.69) is 10.1 Å². The van der Waals surface area contributed by atoms with Crippen molar-refractivity contribution in [3.8, 4) is 11.3 Å². The van der Waals surface area contributed by atoms with Crippen LogP contribution >= 0.6 is 23.2 Å². The van der Waals surface area contributed by atoms with Crippen molar-refractivity contribution in [3.63, 3.8) is 0 Å². The van der Waals surface area contributed by atoms with E-state index in [1.54, 1.807) is 30.3 Å². The number of nitrogens with zero attached hydrogens (tertiary/aromatic N) is 3. The molecule has 4 rings (SSSR count). The van der Waals surface area contributed by atoms with Crippen molar-refractivity contribution in [1.82, 2.24) is 9.99 Å². The standard InChI is InChI=1S/C21H13Cl2F4N3O2/c22-10-5-6-12(14(23)7-10)16-8-13(11-3-1-2-4-15(11)28-16)19(31)30-21(32,20(26)27)9-17(29-30)18(24)25/h1-8,18,20,32H,9H2/t21-/m0/s1. The highest BCUT2D eigenvalue weighted by atomic mass is 35.5. The summed E-state index contributed by atoms with van der Waals surface area (Å²) in [6.45, 7) is 0. The molecule has 0 unspecified atom stereocenters. The average molecular weight is 486 g/mol. The number of carbonyl (C=O) groups excluding carboxylic acids is 1. The number of hydrogen-bond donors (Lipinski definition) is 1. The predicted octanol–water partition coefficient (Wildman–Crippen LogP) is 5.63. The van der Waals surface area contributed by atoms with E-state index < -0.39 is 36.6 Å². The minimum Gasteiger partial charge on any atom is -0.364 e. The Morgan fingerprint density at radius 1 is 1.09 bits per heavy atom. The molecule has 1 amide bonds. The van der Waals surface area contributed by atoms with Crippen molar-refractivity contribution in [3.05, 3.63) is 64.1 Å². The zero-order valence-corrected chi connectivity index (χ0v) is 17.5. The quantitative estimate of drug-likeness (QED) is 0.487. The van der Waals surface area contributed by atoms with Gasteiger partial charge >= 0.3 is 0 Å². The molecule has 166 valence electrons. The molecule has 1 aromatic heterocycles. The monoisotopic (exact) mass is 485 g/mol. The zero-order chi connectivity index (χ0) is 23.2. The summed E-state index contributed by atoms with van der Waals surface area (Å²) in [6, 6.07) is 12.2. The number of amides is 1. The number of alkyl halides is 4. The summed E-state index contributed by atoms with van der Waals surface area (Å²) in [5, 5.41) is 14.6.